The third kappa shape index (κ3) is 2.57. The molecule has 0 spiro atoms. The lowest BCUT2D eigenvalue weighted by molar-refractivity contribution is 0.0935. The van der Waals surface area contributed by atoms with Gasteiger partial charge in [0, 0.05) is 23.7 Å². The number of fused-ring (bicyclic) bond motifs is 1. The smallest absolute Gasteiger partial charge is 0.186 e. The molecule has 2 heterocycles. The second kappa shape index (κ2) is 5.48. The number of benzene rings is 1. The van der Waals surface area contributed by atoms with E-state index in [1.807, 2.05) is 61.1 Å². The highest BCUT2D eigenvalue weighted by Gasteiger charge is 2.19. The van der Waals surface area contributed by atoms with Crippen LogP contribution in [0.3, 0.4) is 0 Å². The summed E-state index contributed by atoms with van der Waals surface area (Å²) in [6, 6.07) is 11.8. The third-order valence-corrected chi connectivity index (χ3v) is 3.47. The molecule has 2 aromatic heterocycles. The minimum Gasteiger partial charge on any atom is -0.292 e. The first-order chi connectivity index (χ1) is 10.2. The Morgan fingerprint density at radius 1 is 1.19 bits per heavy atom. The Labute approximate surface area is 123 Å². The zero-order chi connectivity index (χ0) is 14.8. The number of nitrogens with zero attached hydrogens (tertiary/aromatic N) is 3. The fourth-order valence-electron chi connectivity index (χ4n) is 2.37. The van der Waals surface area contributed by atoms with Crippen LogP contribution in [0.1, 0.15) is 29.9 Å². The van der Waals surface area contributed by atoms with Gasteiger partial charge in [0.1, 0.15) is 5.69 Å². The van der Waals surface area contributed by atoms with Gasteiger partial charge in [0.15, 0.2) is 5.78 Å². The molecule has 0 unspecified atom stereocenters. The summed E-state index contributed by atoms with van der Waals surface area (Å²) in [5.41, 5.74) is 2.60. The number of carbonyl (C=O) groups excluding carboxylic acids is 1. The first-order valence-corrected chi connectivity index (χ1v) is 7.05. The van der Waals surface area contributed by atoms with E-state index < -0.39 is 0 Å². The van der Waals surface area contributed by atoms with Crippen LogP contribution in [-0.4, -0.2) is 20.5 Å². The quantitative estimate of drug-likeness (QED) is 0.688. The van der Waals surface area contributed by atoms with Gasteiger partial charge in [0.05, 0.1) is 12.1 Å². The number of para-hydroxylation sites is 1. The lowest BCUT2D eigenvalue weighted by Gasteiger charge is -2.03. The number of aromatic nitrogens is 3. The van der Waals surface area contributed by atoms with Crippen molar-refractivity contribution < 1.29 is 4.79 Å². The van der Waals surface area contributed by atoms with E-state index in [1.165, 1.54) is 0 Å². The van der Waals surface area contributed by atoms with Gasteiger partial charge in [-0.15, -0.1) is 0 Å². The van der Waals surface area contributed by atoms with Crippen LogP contribution < -0.4 is 0 Å². The van der Waals surface area contributed by atoms with Gasteiger partial charge in [-0.2, -0.15) is 5.10 Å². The predicted molar refractivity (Wildman–Crippen MR) is 82.2 cm³/mol. The molecule has 0 amide bonds. The van der Waals surface area contributed by atoms with Crippen molar-refractivity contribution in [1.82, 2.24) is 14.8 Å². The minimum absolute atomic E-state index is 0.0600. The van der Waals surface area contributed by atoms with Crippen LogP contribution in [0.4, 0.5) is 0 Å². The zero-order valence-corrected chi connectivity index (χ0v) is 12.2. The molecule has 0 N–H and O–H groups in total. The van der Waals surface area contributed by atoms with Crippen LogP contribution in [0.25, 0.3) is 10.9 Å². The molecule has 4 heteroatoms. The van der Waals surface area contributed by atoms with Crippen LogP contribution in [0.5, 0.6) is 0 Å². The minimum atomic E-state index is -0.0600. The van der Waals surface area contributed by atoms with Gasteiger partial charge in [-0.25, -0.2) is 0 Å². The van der Waals surface area contributed by atoms with Crippen molar-refractivity contribution in [2.24, 2.45) is 5.92 Å². The maximum Gasteiger partial charge on any atom is 0.186 e. The number of hydrogen-bond acceptors (Lipinski definition) is 3. The van der Waals surface area contributed by atoms with E-state index in [2.05, 4.69) is 10.1 Å². The number of ketones is 1. The van der Waals surface area contributed by atoms with Gasteiger partial charge in [-0.1, -0.05) is 38.1 Å². The maximum absolute atomic E-state index is 12.3. The molecule has 0 aliphatic heterocycles. The molecule has 0 saturated heterocycles. The molecule has 1 aromatic carbocycles. The second-order valence-electron chi connectivity index (χ2n) is 5.40. The molecule has 21 heavy (non-hydrogen) atoms. The van der Waals surface area contributed by atoms with Crippen LogP contribution >= 0.6 is 0 Å². The Hall–Kier alpha value is -2.49. The van der Waals surface area contributed by atoms with E-state index in [0.717, 1.165) is 16.5 Å². The van der Waals surface area contributed by atoms with Crippen molar-refractivity contribution in [3.8, 4) is 0 Å². The van der Waals surface area contributed by atoms with Crippen LogP contribution in [0.15, 0.2) is 48.8 Å². The summed E-state index contributed by atoms with van der Waals surface area (Å²) in [5.74, 6) is 0.0197. The van der Waals surface area contributed by atoms with E-state index in [1.54, 1.807) is 6.20 Å². The summed E-state index contributed by atoms with van der Waals surface area (Å²) in [4.78, 5) is 16.5. The average molecular weight is 279 g/mol. The lowest BCUT2D eigenvalue weighted by atomic mass is 10.0. The molecule has 0 saturated carbocycles. The highest BCUT2D eigenvalue weighted by Crippen LogP contribution is 2.21. The molecular weight excluding hydrogens is 262 g/mol. The molecule has 0 bridgehead atoms. The van der Waals surface area contributed by atoms with E-state index in [9.17, 15) is 4.79 Å². The summed E-state index contributed by atoms with van der Waals surface area (Å²) in [7, 11) is 0. The van der Waals surface area contributed by atoms with Gasteiger partial charge < -0.3 is 0 Å². The number of pyridine rings is 1. The summed E-state index contributed by atoms with van der Waals surface area (Å²) in [6.45, 7) is 4.41. The fraction of sp³-hybridized carbons (Fsp3) is 0.235. The largest absolute Gasteiger partial charge is 0.292 e. The Bertz CT molecular complexity index is 775. The van der Waals surface area contributed by atoms with E-state index >= 15 is 0 Å². The molecule has 3 rings (SSSR count). The fourth-order valence-corrected chi connectivity index (χ4v) is 2.37. The van der Waals surface area contributed by atoms with Crippen molar-refractivity contribution in [3.63, 3.8) is 0 Å². The first kappa shape index (κ1) is 13.5. The maximum atomic E-state index is 12.3. The molecular formula is C17H17N3O. The van der Waals surface area contributed by atoms with Gasteiger partial charge in [0.25, 0.3) is 0 Å². The van der Waals surface area contributed by atoms with Crippen molar-refractivity contribution >= 4 is 16.7 Å². The SMILES string of the molecule is CC(C)C(=O)c1nn(Cc2cccnc2)c2ccccc12. The summed E-state index contributed by atoms with van der Waals surface area (Å²) in [5, 5.41) is 5.46. The first-order valence-electron chi connectivity index (χ1n) is 7.05. The Balaban J connectivity index is 2.09. The molecule has 3 aromatic rings. The summed E-state index contributed by atoms with van der Waals surface area (Å²) in [6.07, 6.45) is 3.57. The molecule has 4 nitrogen and oxygen atoms in total. The summed E-state index contributed by atoms with van der Waals surface area (Å²) < 4.78 is 1.88. The molecule has 106 valence electrons. The molecule has 0 radical (unpaired) electrons. The number of Topliss-reactive ketones (excluding diaryl/α,β-unsaturated/α-hetero) is 1. The normalized spacial score (nSPS) is 11.2. The van der Waals surface area contributed by atoms with E-state index in [-0.39, 0.29) is 11.7 Å². The van der Waals surface area contributed by atoms with Crippen LogP contribution in [-0.2, 0) is 6.54 Å². The zero-order valence-electron chi connectivity index (χ0n) is 12.2. The average Bonchev–Trinajstić information content (AvgIpc) is 2.86. The van der Waals surface area contributed by atoms with Crippen molar-refractivity contribution in [1.29, 1.82) is 0 Å². The van der Waals surface area contributed by atoms with Crippen molar-refractivity contribution in [2.45, 2.75) is 20.4 Å². The van der Waals surface area contributed by atoms with Gasteiger partial charge in [0.2, 0.25) is 0 Å². The van der Waals surface area contributed by atoms with Gasteiger partial charge in [-0.05, 0) is 17.7 Å². The van der Waals surface area contributed by atoms with Gasteiger partial charge >= 0.3 is 0 Å². The lowest BCUT2D eigenvalue weighted by Crippen LogP contribution is -2.10. The van der Waals surface area contributed by atoms with Crippen LogP contribution in [0, 0.1) is 5.92 Å². The Morgan fingerprint density at radius 2 is 2.00 bits per heavy atom. The Kier molecular flexibility index (Phi) is 3.52. The monoisotopic (exact) mass is 279 g/mol. The standard InChI is InChI=1S/C17H17N3O/c1-12(2)17(21)16-14-7-3-4-8-15(14)20(19-16)11-13-6-5-9-18-10-13/h3-10,12H,11H2,1-2H3. The highest BCUT2D eigenvalue weighted by atomic mass is 16.1. The van der Waals surface area contributed by atoms with Gasteiger partial charge in [-0.3, -0.25) is 14.5 Å². The topological polar surface area (TPSA) is 47.8 Å². The number of hydrogen-bond donors (Lipinski definition) is 0. The Morgan fingerprint density at radius 3 is 2.71 bits per heavy atom. The van der Waals surface area contributed by atoms with Crippen molar-refractivity contribution in [3.05, 3.63) is 60.0 Å². The molecule has 0 fully saturated rings. The van der Waals surface area contributed by atoms with E-state index in [4.69, 9.17) is 0 Å². The molecule has 0 atom stereocenters. The van der Waals surface area contributed by atoms with Crippen LogP contribution in [0.2, 0.25) is 0 Å². The number of carbonyl (C=O) groups is 1. The molecule has 0 aliphatic carbocycles. The number of rotatable bonds is 4. The van der Waals surface area contributed by atoms with E-state index in [0.29, 0.717) is 12.2 Å². The van der Waals surface area contributed by atoms with Crippen molar-refractivity contribution in [2.75, 3.05) is 0 Å². The summed E-state index contributed by atoms with van der Waals surface area (Å²) >= 11 is 0. The second-order valence-corrected chi connectivity index (χ2v) is 5.40. The highest BCUT2D eigenvalue weighted by molar-refractivity contribution is 6.06. The third-order valence-electron chi connectivity index (χ3n) is 3.47. The predicted octanol–water partition coefficient (Wildman–Crippen LogP) is 3.32. The molecule has 0 aliphatic rings.